The number of hydrogen-bond donors (Lipinski definition) is 2. The number of amides is 1. The molecule has 0 radical (unpaired) electrons. The molecule has 1 aromatic heterocycles. The molecule has 0 saturated heterocycles. The summed E-state index contributed by atoms with van der Waals surface area (Å²) in [6, 6.07) is 7.35. The lowest BCUT2D eigenvalue weighted by atomic mass is 9.93. The maximum absolute atomic E-state index is 12.3. The summed E-state index contributed by atoms with van der Waals surface area (Å²) in [6.07, 6.45) is 4.66. The van der Waals surface area contributed by atoms with Crippen molar-refractivity contribution in [2.45, 2.75) is 56.9 Å². The standard InChI is InChI=1S/C20H25N3O5/c1-27-15-9-7-14(8-10-15)19-21-17(28-23-19)6-4-5-16(24)22-20(13-18(25)26)11-2-3-12-20/h7-10H,2-6,11-13H2,1H3,(H,22,24)(H,25,26). The molecule has 8 heteroatoms. The Morgan fingerprint density at radius 1 is 1.25 bits per heavy atom. The number of nitrogens with one attached hydrogen (secondary N) is 1. The lowest BCUT2D eigenvalue weighted by Crippen LogP contribution is -2.47. The maximum atomic E-state index is 12.3. The molecule has 1 heterocycles. The van der Waals surface area contributed by atoms with Crippen molar-refractivity contribution in [3.05, 3.63) is 30.2 Å². The molecule has 2 N–H and O–H groups in total. The first-order chi connectivity index (χ1) is 13.5. The summed E-state index contributed by atoms with van der Waals surface area (Å²) in [5.74, 6) is 0.715. The van der Waals surface area contributed by atoms with Crippen LogP contribution in [-0.4, -0.2) is 39.8 Å². The summed E-state index contributed by atoms with van der Waals surface area (Å²) in [5.41, 5.74) is 0.236. The molecule has 1 aliphatic carbocycles. The third-order valence-corrected chi connectivity index (χ3v) is 5.07. The third-order valence-electron chi connectivity index (χ3n) is 5.07. The van der Waals surface area contributed by atoms with Gasteiger partial charge >= 0.3 is 5.97 Å². The highest BCUT2D eigenvalue weighted by Crippen LogP contribution is 2.32. The van der Waals surface area contributed by atoms with Gasteiger partial charge in [-0.05, 0) is 43.5 Å². The van der Waals surface area contributed by atoms with Gasteiger partial charge < -0.3 is 19.7 Å². The van der Waals surface area contributed by atoms with Crippen molar-refractivity contribution in [1.82, 2.24) is 15.5 Å². The van der Waals surface area contributed by atoms with Crippen LogP contribution in [0.5, 0.6) is 5.75 Å². The number of carboxylic acids is 1. The van der Waals surface area contributed by atoms with Crippen molar-refractivity contribution in [2.75, 3.05) is 7.11 Å². The van der Waals surface area contributed by atoms with E-state index in [1.54, 1.807) is 7.11 Å². The van der Waals surface area contributed by atoms with Crippen LogP contribution < -0.4 is 10.1 Å². The Hall–Kier alpha value is -2.90. The number of hydrogen-bond acceptors (Lipinski definition) is 6. The molecule has 1 aliphatic rings. The second-order valence-electron chi connectivity index (χ2n) is 7.20. The number of aryl methyl sites for hydroxylation is 1. The van der Waals surface area contributed by atoms with Gasteiger partial charge in [0.1, 0.15) is 5.75 Å². The number of carbonyl (C=O) groups excluding carboxylic acids is 1. The number of carbonyl (C=O) groups is 2. The average Bonchev–Trinajstić information content (AvgIpc) is 3.31. The minimum atomic E-state index is -0.876. The Labute approximate surface area is 163 Å². The molecule has 1 aromatic carbocycles. The summed E-state index contributed by atoms with van der Waals surface area (Å²) in [5, 5.41) is 16.0. The molecule has 0 unspecified atom stereocenters. The second kappa shape index (κ2) is 8.86. The van der Waals surface area contributed by atoms with Gasteiger partial charge in [-0.25, -0.2) is 0 Å². The number of nitrogens with zero attached hydrogens (tertiary/aromatic N) is 2. The van der Waals surface area contributed by atoms with Crippen molar-refractivity contribution in [3.63, 3.8) is 0 Å². The summed E-state index contributed by atoms with van der Waals surface area (Å²) in [4.78, 5) is 27.8. The fraction of sp³-hybridized carbons (Fsp3) is 0.500. The molecule has 2 aromatic rings. The molecular weight excluding hydrogens is 362 g/mol. The molecule has 0 spiro atoms. The van der Waals surface area contributed by atoms with Crippen LogP contribution in [0.4, 0.5) is 0 Å². The molecule has 0 aliphatic heterocycles. The zero-order valence-corrected chi connectivity index (χ0v) is 15.9. The van der Waals surface area contributed by atoms with E-state index in [9.17, 15) is 9.59 Å². The number of methoxy groups -OCH3 is 1. The molecule has 150 valence electrons. The van der Waals surface area contributed by atoms with E-state index in [1.807, 2.05) is 24.3 Å². The van der Waals surface area contributed by atoms with Crippen molar-refractivity contribution < 1.29 is 24.0 Å². The lowest BCUT2D eigenvalue weighted by molar-refractivity contribution is -0.139. The van der Waals surface area contributed by atoms with Crippen molar-refractivity contribution in [3.8, 4) is 17.1 Å². The van der Waals surface area contributed by atoms with Crippen LogP contribution in [0.1, 0.15) is 50.8 Å². The monoisotopic (exact) mass is 387 g/mol. The molecule has 0 bridgehead atoms. The predicted molar refractivity (Wildman–Crippen MR) is 101 cm³/mol. The van der Waals surface area contributed by atoms with Gasteiger partial charge in [0.2, 0.25) is 17.6 Å². The molecule has 3 rings (SSSR count). The van der Waals surface area contributed by atoms with E-state index in [1.165, 1.54) is 0 Å². The van der Waals surface area contributed by atoms with E-state index in [-0.39, 0.29) is 12.3 Å². The van der Waals surface area contributed by atoms with Gasteiger partial charge in [0.25, 0.3) is 0 Å². The van der Waals surface area contributed by atoms with E-state index in [0.717, 1.165) is 37.0 Å². The zero-order chi connectivity index (χ0) is 20.0. The third kappa shape index (κ3) is 5.09. The molecule has 1 saturated carbocycles. The van der Waals surface area contributed by atoms with Gasteiger partial charge in [0.15, 0.2) is 0 Å². The molecule has 1 amide bonds. The summed E-state index contributed by atoms with van der Waals surface area (Å²) in [6.45, 7) is 0. The number of aromatic nitrogens is 2. The minimum Gasteiger partial charge on any atom is -0.497 e. The van der Waals surface area contributed by atoms with Crippen molar-refractivity contribution in [1.29, 1.82) is 0 Å². The van der Waals surface area contributed by atoms with Crippen LogP contribution in [0.3, 0.4) is 0 Å². The Kier molecular flexibility index (Phi) is 6.28. The Bertz CT molecular complexity index is 810. The normalized spacial score (nSPS) is 15.3. The molecule has 0 atom stereocenters. The number of carboxylic acid groups (broad SMARTS) is 1. The number of aliphatic carboxylic acids is 1. The molecule has 1 fully saturated rings. The van der Waals surface area contributed by atoms with Crippen molar-refractivity contribution in [2.24, 2.45) is 0 Å². The van der Waals surface area contributed by atoms with Gasteiger partial charge in [-0.15, -0.1) is 0 Å². The van der Waals surface area contributed by atoms with E-state index in [2.05, 4.69) is 15.5 Å². The quantitative estimate of drug-likeness (QED) is 0.680. The first-order valence-electron chi connectivity index (χ1n) is 9.49. The zero-order valence-electron chi connectivity index (χ0n) is 15.9. The highest BCUT2D eigenvalue weighted by molar-refractivity contribution is 5.78. The van der Waals surface area contributed by atoms with Crippen LogP contribution in [-0.2, 0) is 16.0 Å². The largest absolute Gasteiger partial charge is 0.497 e. The molecule has 28 heavy (non-hydrogen) atoms. The maximum Gasteiger partial charge on any atom is 0.305 e. The van der Waals surface area contributed by atoms with Crippen molar-refractivity contribution >= 4 is 11.9 Å². The molecule has 8 nitrogen and oxygen atoms in total. The lowest BCUT2D eigenvalue weighted by Gasteiger charge is -2.28. The fourth-order valence-electron chi connectivity index (χ4n) is 3.66. The second-order valence-corrected chi connectivity index (χ2v) is 7.20. The Morgan fingerprint density at radius 3 is 2.61 bits per heavy atom. The summed E-state index contributed by atoms with van der Waals surface area (Å²) >= 11 is 0. The minimum absolute atomic E-state index is 0.0202. The molecular formula is C20H25N3O5. The van der Waals surface area contributed by atoms with E-state index < -0.39 is 11.5 Å². The Morgan fingerprint density at radius 2 is 1.96 bits per heavy atom. The first-order valence-corrected chi connectivity index (χ1v) is 9.49. The van der Waals surface area contributed by atoms with Crippen LogP contribution in [0.25, 0.3) is 11.4 Å². The van der Waals surface area contributed by atoms with Crippen LogP contribution >= 0.6 is 0 Å². The number of rotatable bonds is 9. The topological polar surface area (TPSA) is 115 Å². The van der Waals surface area contributed by atoms with E-state index in [4.69, 9.17) is 14.4 Å². The van der Waals surface area contributed by atoms with Gasteiger partial charge in [-0.1, -0.05) is 18.0 Å². The van der Waals surface area contributed by atoms with E-state index >= 15 is 0 Å². The predicted octanol–water partition coefficient (Wildman–Crippen LogP) is 2.97. The highest BCUT2D eigenvalue weighted by atomic mass is 16.5. The smallest absolute Gasteiger partial charge is 0.305 e. The van der Waals surface area contributed by atoms with Gasteiger partial charge in [0.05, 0.1) is 19.1 Å². The van der Waals surface area contributed by atoms with Crippen LogP contribution in [0.15, 0.2) is 28.8 Å². The summed E-state index contributed by atoms with van der Waals surface area (Å²) < 4.78 is 10.4. The van der Waals surface area contributed by atoms with Gasteiger partial charge in [0, 0.05) is 18.4 Å². The average molecular weight is 387 g/mol. The Balaban J connectivity index is 1.49. The number of ether oxygens (including phenoxy) is 1. The van der Waals surface area contributed by atoms with Crippen LogP contribution in [0, 0.1) is 0 Å². The SMILES string of the molecule is COc1ccc(-c2noc(CCCC(=O)NC3(CC(=O)O)CCCC3)n2)cc1. The number of benzene rings is 1. The van der Waals surface area contributed by atoms with Gasteiger partial charge in [-0.3, -0.25) is 9.59 Å². The van der Waals surface area contributed by atoms with E-state index in [0.29, 0.717) is 31.0 Å². The van der Waals surface area contributed by atoms with Gasteiger partial charge in [-0.2, -0.15) is 4.98 Å². The fourth-order valence-corrected chi connectivity index (χ4v) is 3.66. The first kappa shape index (κ1) is 19.9. The summed E-state index contributed by atoms with van der Waals surface area (Å²) in [7, 11) is 1.60. The van der Waals surface area contributed by atoms with Crippen LogP contribution in [0.2, 0.25) is 0 Å². The highest BCUT2D eigenvalue weighted by Gasteiger charge is 2.37.